The van der Waals surface area contributed by atoms with E-state index in [9.17, 15) is 32.3 Å². The number of thiazole rings is 1. The van der Waals surface area contributed by atoms with Gasteiger partial charge in [0.1, 0.15) is 11.5 Å². The Bertz CT molecular complexity index is 2100. The van der Waals surface area contributed by atoms with E-state index >= 15 is 0 Å². The number of carbonyl (C=O) groups is 3. The number of thioether (sulfide) groups is 1. The fourth-order valence-corrected chi connectivity index (χ4v) is 11.5. The van der Waals surface area contributed by atoms with Gasteiger partial charge < -0.3 is 19.8 Å². The molecule has 2 aliphatic carbocycles. The Morgan fingerprint density at radius 1 is 1.02 bits per heavy atom. The Morgan fingerprint density at radius 3 is 2.46 bits per heavy atom. The van der Waals surface area contributed by atoms with Crippen LogP contribution in [0, 0.1) is 29.6 Å². The lowest BCUT2D eigenvalue weighted by Crippen LogP contribution is -2.42. The number of anilines is 2. The lowest BCUT2D eigenvalue weighted by Gasteiger charge is -2.43. The third kappa shape index (κ3) is 5.30. The van der Waals surface area contributed by atoms with E-state index in [1.807, 2.05) is 0 Å². The molecule has 9 nitrogen and oxygen atoms in total. The zero-order valence-corrected chi connectivity index (χ0v) is 28.4. The molecule has 8 rings (SSSR count). The molecule has 0 unspecified atom stereocenters. The largest absolute Gasteiger partial charge is 0.497 e. The molecule has 3 amide bonds. The lowest BCUT2D eigenvalue weighted by molar-refractivity contribution is -0.137. The van der Waals surface area contributed by atoms with E-state index in [0.717, 1.165) is 28.3 Å². The molecule has 2 aliphatic heterocycles. The number of hydrogen-bond acceptors (Lipinski definition) is 8. The Balaban J connectivity index is 1.12. The molecular formula is C35H27ClF3N3O6S2. The van der Waals surface area contributed by atoms with E-state index < -0.39 is 47.7 Å². The predicted octanol–water partition coefficient (Wildman–Crippen LogP) is 6.81. The van der Waals surface area contributed by atoms with Crippen LogP contribution in [0.15, 0.2) is 76.6 Å². The topological polar surface area (TPSA) is 118 Å². The third-order valence-electron chi connectivity index (χ3n) is 10.2. The molecule has 0 spiro atoms. The SMILES string of the molecule is COc1ccc(N2C(=O)[C@H]3[C@H]4C[C@@H]([C@@H]3C2=O)[C@@H]2[C@H](c3cc(Cl)ccc3OCC(=O)Nc3ccccc3C(F)(F)F)c3sc(=O)[nH]c3S[C@H]42)cc1. The van der Waals surface area contributed by atoms with Crippen LogP contribution in [0.25, 0.3) is 0 Å². The van der Waals surface area contributed by atoms with Gasteiger partial charge in [-0.25, -0.2) is 0 Å². The second-order valence-corrected chi connectivity index (χ2v) is 15.4. The summed E-state index contributed by atoms with van der Waals surface area (Å²) in [5.74, 6) is -2.49. The van der Waals surface area contributed by atoms with Gasteiger partial charge in [-0.3, -0.25) is 24.1 Å². The fraction of sp³-hybridized carbons (Fsp3) is 0.314. The van der Waals surface area contributed by atoms with Crippen molar-refractivity contribution >= 4 is 63.8 Å². The summed E-state index contributed by atoms with van der Waals surface area (Å²) in [6.45, 7) is -0.604. The minimum absolute atomic E-state index is 0.120. The predicted molar refractivity (Wildman–Crippen MR) is 181 cm³/mol. The number of fused-ring (bicyclic) bond motifs is 9. The number of carbonyl (C=O) groups excluding carboxylic acids is 3. The Hall–Kier alpha value is -4.27. The molecule has 2 bridgehead atoms. The van der Waals surface area contributed by atoms with Gasteiger partial charge in [-0.05, 0) is 78.8 Å². The van der Waals surface area contributed by atoms with Crippen LogP contribution in [0.2, 0.25) is 5.02 Å². The molecule has 4 aromatic rings. The molecule has 1 aromatic heterocycles. The quantitative estimate of drug-likeness (QED) is 0.200. The minimum atomic E-state index is -4.67. The number of alkyl halides is 3. The number of aromatic nitrogens is 1. The molecule has 15 heteroatoms. The van der Waals surface area contributed by atoms with Crippen molar-refractivity contribution in [1.82, 2.24) is 4.98 Å². The zero-order valence-electron chi connectivity index (χ0n) is 26.0. The van der Waals surface area contributed by atoms with Crippen LogP contribution >= 0.6 is 34.7 Å². The van der Waals surface area contributed by atoms with Gasteiger partial charge in [0.2, 0.25) is 11.8 Å². The highest BCUT2D eigenvalue weighted by molar-refractivity contribution is 8.00. The first-order chi connectivity index (χ1) is 23.9. The first kappa shape index (κ1) is 32.9. The van der Waals surface area contributed by atoms with Crippen LogP contribution in [0.4, 0.5) is 24.5 Å². The molecule has 2 saturated carbocycles. The molecule has 50 heavy (non-hydrogen) atoms. The highest BCUT2D eigenvalue weighted by Gasteiger charge is 2.70. The number of nitrogens with zero attached hydrogens (tertiary/aromatic N) is 1. The van der Waals surface area contributed by atoms with Crippen LogP contribution < -0.4 is 24.6 Å². The second-order valence-electron chi connectivity index (χ2n) is 12.7. The van der Waals surface area contributed by atoms with E-state index in [2.05, 4.69) is 10.3 Å². The van der Waals surface area contributed by atoms with Gasteiger partial charge in [-0.2, -0.15) is 13.2 Å². The summed E-state index contributed by atoms with van der Waals surface area (Å²) in [7, 11) is 1.54. The maximum atomic E-state index is 14.1. The van der Waals surface area contributed by atoms with Gasteiger partial charge in [-0.15, -0.1) is 11.8 Å². The summed E-state index contributed by atoms with van der Waals surface area (Å²) in [5, 5.41) is 3.22. The summed E-state index contributed by atoms with van der Waals surface area (Å²) in [5.41, 5.74) is -0.316. The first-order valence-electron chi connectivity index (χ1n) is 15.7. The molecular weight excluding hydrogens is 715 g/mol. The smallest absolute Gasteiger partial charge is 0.418 e. The Kier molecular flexibility index (Phi) is 8.03. The zero-order chi connectivity index (χ0) is 35.1. The van der Waals surface area contributed by atoms with Crippen LogP contribution in [0.1, 0.15) is 28.3 Å². The monoisotopic (exact) mass is 741 g/mol. The van der Waals surface area contributed by atoms with E-state index in [0.29, 0.717) is 33.5 Å². The lowest BCUT2D eigenvalue weighted by atomic mass is 9.68. The maximum absolute atomic E-state index is 14.1. The summed E-state index contributed by atoms with van der Waals surface area (Å²) < 4.78 is 51.8. The number of nitrogens with one attached hydrogen (secondary N) is 2. The van der Waals surface area contributed by atoms with Crippen LogP contribution in [0.5, 0.6) is 11.5 Å². The third-order valence-corrected chi connectivity index (χ3v) is 13.1. The van der Waals surface area contributed by atoms with Gasteiger partial charge in [0, 0.05) is 26.6 Å². The van der Waals surface area contributed by atoms with Gasteiger partial charge in [0.15, 0.2) is 6.61 Å². The number of amides is 3. The molecule has 258 valence electrons. The van der Waals surface area contributed by atoms with Gasteiger partial charge in [0.05, 0.1) is 40.9 Å². The molecule has 3 heterocycles. The number of benzene rings is 3. The number of halogens is 4. The number of hydrogen-bond donors (Lipinski definition) is 2. The summed E-state index contributed by atoms with van der Waals surface area (Å²) in [4.78, 5) is 58.4. The summed E-state index contributed by atoms with van der Waals surface area (Å²) in [6, 6.07) is 16.3. The van der Waals surface area contributed by atoms with E-state index in [1.165, 1.54) is 35.9 Å². The Morgan fingerprint density at radius 2 is 1.74 bits per heavy atom. The molecule has 2 N–H and O–H groups in total. The summed E-state index contributed by atoms with van der Waals surface area (Å²) in [6.07, 6.45) is -4.02. The molecule has 4 aliphatic rings. The van der Waals surface area contributed by atoms with Crippen molar-refractivity contribution in [3.63, 3.8) is 0 Å². The molecule has 0 radical (unpaired) electrons. The first-order valence-corrected chi connectivity index (χ1v) is 17.8. The number of H-pyrrole nitrogens is 1. The highest BCUT2D eigenvalue weighted by atomic mass is 35.5. The number of imide groups is 1. The maximum Gasteiger partial charge on any atom is 0.418 e. The molecule has 3 aromatic carbocycles. The highest BCUT2D eigenvalue weighted by Crippen LogP contribution is 2.69. The van der Waals surface area contributed by atoms with Crippen molar-refractivity contribution in [1.29, 1.82) is 0 Å². The van der Waals surface area contributed by atoms with E-state index in [-0.39, 0.29) is 45.4 Å². The van der Waals surface area contributed by atoms with Crippen molar-refractivity contribution in [2.75, 3.05) is 23.9 Å². The van der Waals surface area contributed by atoms with E-state index in [1.54, 1.807) is 42.5 Å². The fourth-order valence-electron chi connectivity index (χ4n) is 8.41. The number of aromatic amines is 1. The average molecular weight is 742 g/mol. The summed E-state index contributed by atoms with van der Waals surface area (Å²) >= 11 is 9.11. The molecule has 3 fully saturated rings. The van der Waals surface area contributed by atoms with Crippen molar-refractivity contribution in [3.8, 4) is 11.5 Å². The van der Waals surface area contributed by atoms with Crippen LogP contribution in [-0.4, -0.2) is 41.7 Å². The Labute approximate surface area is 296 Å². The van der Waals surface area contributed by atoms with Crippen molar-refractivity contribution in [2.24, 2.45) is 29.6 Å². The van der Waals surface area contributed by atoms with Crippen LogP contribution in [0.3, 0.4) is 0 Å². The van der Waals surface area contributed by atoms with Crippen molar-refractivity contribution in [2.45, 2.75) is 28.8 Å². The number of ether oxygens (including phenoxy) is 2. The van der Waals surface area contributed by atoms with Crippen molar-refractivity contribution in [3.05, 3.63) is 97.4 Å². The van der Waals surface area contributed by atoms with Gasteiger partial charge in [-0.1, -0.05) is 35.1 Å². The van der Waals surface area contributed by atoms with Gasteiger partial charge >= 0.3 is 11.0 Å². The molecule has 7 atom stereocenters. The van der Waals surface area contributed by atoms with Crippen molar-refractivity contribution < 1.29 is 37.0 Å². The number of para-hydroxylation sites is 1. The van der Waals surface area contributed by atoms with Crippen LogP contribution in [-0.2, 0) is 20.6 Å². The number of rotatable bonds is 7. The standard InChI is InChI=1S/C35H27ClF3N3O6S2/c1-47-17-9-7-16(8-10-17)42-32(44)27-19-13-20(28(27)33(42)45)29-26(19)25(30-31(49-29)41-34(46)50-30)18-12-15(36)6-11-23(18)48-14-24(43)40-22-5-3-2-4-21(22)35(37,38)39/h2-12,19-20,25-29H,13-14H2,1H3,(H,40,43)(H,41,46)/t19-,20-,25+,26-,27+,28+,29-/m1/s1. The molecule has 1 saturated heterocycles. The number of methoxy groups -OCH3 is 1. The second kappa shape index (κ2) is 12.2. The van der Waals surface area contributed by atoms with E-state index in [4.69, 9.17) is 21.1 Å². The van der Waals surface area contributed by atoms with Gasteiger partial charge in [0.25, 0.3) is 5.91 Å². The minimum Gasteiger partial charge on any atom is -0.497 e. The average Bonchev–Trinajstić information content (AvgIpc) is 3.82. The normalized spacial score (nSPS) is 26.4.